The van der Waals surface area contributed by atoms with Crippen LogP contribution in [-0.4, -0.2) is 71.6 Å². The van der Waals surface area contributed by atoms with E-state index in [-0.39, 0.29) is 23.8 Å². The molecule has 0 amide bonds. The van der Waals surface area contributed by atoms with Gasteiger partial charge in [-0.05, 0) is 46.5 Å². The van der Waals surface area contributed by atoms with Crippen molar-refractivity contribution in [1.29, 1.82) is 0 Å². The van der Waals surface area contributed by atoms with Crippen LogP contribution in [-0.2, 0) is 20.8 Å². The maximum absolute atomic E-state index is 12.6. The fourth-order valence-corrected chi connectivity index (χ4v) is 4.49. The molecule has 0 aromatic rings. The van der Waals surface area contributed by atoms with E-state index in [0.717, 1.165) is 0 Å². The molecule has 1 unspecified atom stereocenters. The fraction of sp³-hybridized carbons (Fsp3) is 0.938. The van der Waals surface area contributed by atoms with Gasteiger partial charge in [0.15, 0.2) is 5.96 Å². The molecule has 12 heteroatoms. The van der Waals surface area contributed by atoms with Gasteiger partial charge in [-0.25, -0.2) is 8.42 Å². The molecule has 1 heterocycles. The molecule has 0 radical (unpaired) electrons. The molecule has 0 spiro atoms. The second kappa shape index (κ2) is 10.2. The first-order valence-corrected chi connectivity index (χ1v) is 12.0. The lowest BCUT2D eigenvalue weighted by atomic mass is 9.98. The van der Waals surface area contributed by atoms with Crippen molar-refractivity contribution in [3.63, 3.8) is 0 Å². The second-order valence-electron chi connectivity index (χ2n) is 7.60. The number of alkyl halides is 3. The van der Waals surface area contributed by atoms with Crippen LogP contribution in [0.15, 0.2) is 4.99 Å². The zero-order valence-electron chi connectivity index (χ0n) is 16.8. The quantitative estimate of drug-likeness (QED) is 0.457. The Balaban J connectivity index is 2.53. The smallest absolute Gasteiger partial charge is 0.357 e. The van der Waals surface area contributed by atoms with Gasteiger partial charge in [-0.15, -0.1) is 0 Å². The lowest BCUT2D eigenvalue weighted by molar-refractivity contribution is -0.0496. The number of nitrogens with zero attached hydrogens (tertiary/aromatic N) is 2. The topological polar surface area (TPSA) is 90.9 Å². The third kappa shape index (κ3) is 7.51. The van der Waals surface area contributed by atoms with Crippen molar-refractivity contribution in [1.82, 2.24) is 14.9 Å². The standard InChI is InChI=1S/C16H31F3N4O3S2/c1-5-20-14(21-8-11-27(24)15(2,3)4)22-12-13-6-9-23(10-7-13)28(25,26)16(17,18)19/h13H,5-12H2,1-4H3,(H2,20,21,22). The van der Waals surface area contributed by atoms with Gasteiger partial charge in [0.25, 0.3) is 0 Å². The maximum atomic E-state index is 12.6. The summed E-state index contributed by atoms with van der Waals surface area (Å²) in [5, 5.41) is 6.18. The number of hydrogen-bond donors (Lipinski definition) is 2. The molecule has 0 aromatic heterocycles. The summed E-state index contributed by atoms with van der Waals surface area (Å²) in [6, 6.07) is 0. The number of rotatable bonds is 7. The van der Waals surface area contributed by atoms with Crippen molar-refractivity contribution in [3.8, 4) is 0 Å². The van der Waals surface area contributed by atoms with Gasteiger partial charge >= 0.3 is 15.5 Å². The summed E-state index contributed by atoms with van der Waals surface area (Å²) in [6.45, 7) is 8.83. The van der Waals surface area contributed by atoms with Gasteiger partial charge in [-0.1, -0.05) is 0 Å². The zero-order chi connectivity index (χ0) is 21.6. The number of aliphatic imine (C=N–C) groups is 1. The highest BCUT2D eigenvalue weighted by Crippen LogP contribution is 2.30. The summed E-state index contributed by atoms with van der Waals surface area (Å²) < 4.78 is 73.0. The van der Waals surface area contributed by atoms with Crippen molar-refractivity contribution >= 4 is 26.8 Å². The van der Waals surface area contributed by atoms with E-state index in [1.54, 1.807) is 0 Å². The highest BCUT2D eigenvalue weighted by Gasteiger charge is 2.50. The van der Waals surface area contributed by atoms with Gasteiger partial charge in [0.2, 0.25) is 0 Å². The van der Waals surface area contributed by atoms with Crippen LogP contribution in [0.25, 0.3) is 0 Å². The molecule has 1 rings (SSSR count). The summed E-state index contributed by atoms with van der Waals surface area (Å²) >= 11 is 0. The van der Waals surface area contributed by atoms with Gasteiger partial charge < -0.3 is 10.6 Å². The highest BCUT2D eigenvalue weighted by molar-refractivity contribution is 7.90. The van der Waals surface area contributed by atoms with E-state index in [1.165, 1.54) is 0 Å². The minimum atomic E-state index is -5.26. The van der Waals surface area contributed by atoms with E-state index < -0.39 is 26.3 Å². The van der Waals surface area contributed by atoms with E-state index >= 15 is 0 Å². The monoisotopic (exact) mass is 448 g/mol. The number of nitrogens with one attached hydrogen (secondary N) is 2. The minimum Gasteiger partial charge on any atom is -0.357 e. The van der Waals surface area contributed by atoms with E-state index in [4.69, 9.17) is 0 Å². The molecule has 1 aliphatic rings. The highest BCUT2D eigenvalue weighted by atomic mass is 32.2. The van der Waals surface area contributed by atoms with Gasteiger partial charge in [0, 0.05) is 54.0 Å². The van der Waals surface area contributed by atoms with Gasteiger partial charge in [0.05, 0.1) is 0 Å². The molecule has 28 heavy (non-hydrogen) atoms. The average Bonchev–Trinajstić information content (AvgIpc) is 2.58. The van der Waals surface area contributed by atoms with Crippen LogP contribution in [0.3, 0.4) is 0 Å². The molecular weight excluding hydrogens is 417 g/mol. The predicted molar refractivity (Wildman–Crippen MR) is 106 cm³/mol. The fourth-order valence-electron chi connectivity index (χ4n) is 2.61. The van der Waals surface area contributed by atoms with Gasteiger partial charge in [0.1, 0.15) is 0 Å². The van der Waals surface area contributed by atoms with Crippen LogP contribution in [0.4, 0.5) is 13.2 Å². The summed E-state index contributed by atoms with van der Waals surface area (Å²) in [4.78, 5) is 4.44. The summed E-state index contributed by atoms with van der Waals surface area (Å²) in [7, 11) is -6.24. The van der Waals surface area contributed by atoms with Crippen molar-refractivity contribution < 1.29 is 25.8 Å². The normalized spacial score (nSPS) is 19.5. The van der Waals surface area contributed by atoms with Gasteiger partial charge in [-0.3, -0.25) is 9.20 Å². The van der Waals surface area contributed by atoms with Crippen LogP contribution < -0.4 is 10.6 Å². The third-order valence-corrected chi connectivity index (χ3v) is 7.89. The lowest BCUT2D eigenvalue weighted by Crippen LogP contribution is -2.45. The Kier molecular flexibility index (Phi) is 9.20. The van der Waals surface area contributed by atoms with E-state index in [9.17, 15) is 25.8 Å². The van der Waals surface area contributed by atoms with Crippen LogP contribution in [0, 0.1) is 5.92 Å². The molecule has 0 aromatic carbocycles. The van der Waals surface area contributed by atoms with Crippen molar-refractivity contribution in [2.45, 2.75) is 50.8 Å². The Hall–Kier alpha value is -0.880. The Bertz CT molecular complexity index is 653. The molecule has 1 fully saturated rings. The Morgan fingerprint density at radius 1 is 1.18 bits per heavy atom. The summed E-state index contributed by atoms with van der Waals surface area (Å²) in [5.41, 5.74) is -5.26. The largest absolute Gasteiger partial charge is 0.511 e. The predicted octanol–water partition coefficient (Wildman–Crippen LogP) is 1.65. The van der Waals surface area contributed by atoms with Crippen molar-refractivity contribution in [3.05, 3.63) is 0 Å². The molecule has 1 aliphatic heterocycles. The summed E-state index contributed by atoms with van der Waals surface area (Å²) in [5.74, 6) is 1.04. The molecule has 0 bridgehead atoms. The number of halogens is 3. The minimum absolute atomic E-state index is 0.0128. The number of piperidine rings is 1. The second-order valence-corrected chi connectivity index (χ2v) is 11.9. The van der Waals surface area contributed by atoms with Crippen LogP contribution in [0.1, 0.15) is 40.5 Å². The molecule has 0 saturated carbocycles. The molecule has 1 saturated heterocycles. The Morgan fingerprint density at radius 3 is 2.21 bits per heavy atom. The van der Waals surface area contributed by atoms with Gasteiger partial charge in [-0.2, -0.15) is 17.5 Å². The number of guanidine groups is 1. The zero-order valence-corrected chi connectivity index (χ0v) is 18.4. The average molecular weight is 449 g/mol. The summed E-state index contributed by atoms with van der Waals surface area (Å²) in [6.07, 6.45) is 0.651. The third-order valence-electron chi connectivity index (χ3n) is 4.32. The lowest BCUT2D eigenvalue weighted by Gasteiger charge is -2.30. The number of sulfonamides is 1. The Labute approximate surface area is 168 Å². The first-order chi connectivity index (χ1) is 12.8. The van der Waals surface area contributed by atoms with Crippen molar-refractivity contribution in [2.75, 3.05) is 38.5 Å². The molecule has 7 nitrogen and oxygen atoms in total. The molecular formula is C16H31F3N4O3S2. The SMILES string of the molecule is CCNC(=NCC1CCN(S(=O)(=O)C(F)(F)F)CC1)NCCS(=O)C(C)(C)C. The molecule has 0 aliphatic carbocycles. The molecule has 1 atom stereocenters. The van der Waals surface area contributed by atoms with Crippen molar-refractivity contribution in [2.24, 2.45) is 10.9 Å². The molecule has 166 valence electrons. The van der Waals surface area contributed by atoms with Crippen LogP contribution in [0.2, 0.25) is 0 Å². The van der Waals surface area contributed by atoms with E-state index in [0.29, 0.717) is 48.5 Å². The van der Waals surface area contributed by atoms with E-state index in [2.05, 4.69) is 15.6 Å². The first kappa shape index (κ1) is 25.2. The maximum Gasteiger partial charge on any atom is 0.511 e. The number of hydrogen-bond acceptors (Lipinski definition) is 4. The Morgan fingerprint density at radius 2 is 1.75 bits per heavy atom. The molecule has 2 N–H and O–H groups in total. The van der Waals surface area contributed by atoms with Crippen LogP contribution in [0.5, 0.6) is 0 Å². The van der Waals surface area contributed by atoms with E-state index in [1.807, 2.05) is 27.7 Å². The first-order valence-electron chi connectivity index (χ1n) is 9.26. The van der Waals surface area contributed by atoms with Crippen LogP contribution >= 0.6 is 0 Å².